The van der Waals surface area contributed by atoms with Crippen molar-refractivity contribution in [2.75, 3.05) is 18.4 Å². The first-order valence-electron chi connectivity index (χ1n) is 11.1. The number of aromatic amines is 1. The average Bonchev–Trinajstić information content (AvgIpc) is 3.50. The quantitative estimate of drug-likeness (QED) is 0.296. The summed E-state index contributed by atoms with van der Waals surface area (Å²) in [5.41, 5.74) is 2.00. The molecular formula is C23H22F3N7O3. The molecule has 3 aromatic heterocycles. The maximum atomic E-state index is 12.9. The molecule has 188 valence electrons. The third kappa shape index (κ3) is 4.67. The maximum absolute atomic E-state index is 12.9. The minimum Gasteiger partial charge on any atom is -0.389 e. The van der Waals surface area contributed by atoms with Gasteiger partial charge >= 0.3 is 6.18 Å². The Balaban J connectivity index is 1.36. The number of β-amino-alcohol motifs (C(OH)–C–C–N with tert-alkyl or cyclic N) is 2. The number of likely N-dealkylation sites (tertiary alicyclic amines) is 1. The van der Waals surface area contributed by atoms with E-state index in [-0.39, 0.29) is 11.3 Å². The van der Waals surface area contributed by atoms with Crippen molar-refractivity contribution in [2.24, 2.45) is 0 Å². The number of carbonyl (C=O) groups excluding carboxylic acids is 1. The van der Waals surface area contributed by atoms with Gasteiger partial charge in [0, 0.05) is 66.4 Å². The fourth-order valence-electron chi connectivity index (χ4n) is 4.19. The topological polar surface area (TPSA) is 132 Å². The second-order valence-corrected chi connectivity index (χ2v) is 8.67. The zero-order chi connectivity index (χ0) is 25.6. The van der Waals surface area contributed by atoms with Crippen LogP contribution in [-0.2, 0) is 6.54 Å². The van der Waals surface area contributed by atoms with E-state index < -0.39 is 29.7 Å². The standard InChI is InChI=1S/C23H22F3N7O3/c1-12-13(8-32-10-18(34)19(35)11-32)9-33(31-12)20-4-5-27-22(30-20)29-14-2-3-17-15(6-14)16(7-28-17)21(36)23(24,25)26/h2-7,9,18-19,28,34-35H,8,10-11H2,1H3,(H,27,29,30)/t18-,19+. The minimum absolute atomic E-state index is 0.128. The number of alkyl halides is 3. The molecule has 1 fully saturated rings. The van der Waals surface area contributed by atoms with Crippen LogP contribution in [0.4, 0.5) is 24.8 Å². The number of aliphatic hydroxyl groups excluding tert-OH is 2. The highest BCUT2D eigenvalue weighted by atomic mass is 19.4. The molecule has 0 spiro atoms. The summed E-state index contributed by atoms with van der Waals surface area (Å²) in [6.45, 7) is 3.09. The lowest BCUT2D eigenvalue weighted by Gasteiger charge is -2.13. The zero-order valence-electron chi connectivity index (χ0n) is 19.0. The number of nitrogens with zero attached hydrogens (tertiary/aromatic N) is 5. The Morgan fingerprint density at radius 3 is 2.69 bits per heavy atom. The summed E-state index contributed by atoms with van der Waals surface area (Å²) in [4.78, 5) is 25.0. The molecule has 0 saturated carbocycles. The summed E-state index contributed by atoms with van der Waals surface area (Å²) in [5, 5.41) is 27.1. The van der Waals surface area contributed by atoms with Gasteiger partial charge in [-0.15, -0.1) is 0 Å². The first kappa shape index (κ1) is 23.9. The number of hydrogen-bond donors (Lipinski definition) is 4. The maximum Gasteiger partial charge on any atom is 0.454 e. The third-order valence-corrected chi connectivity index (χ3v) is 6.04. The van der Waals surface area contributed by atoms with Crippen molar-refractivity contribution >= 4 is 28.3 Å². The lowest BCUT2D eigenvalue weighted by Crippen LogP contribution is -2.22. The fourth-order valence-corrected chi connectivity index (χ4v) is 4.19. The molecule has 10 nitrogen and oxygen atoms in total. The summed E-state index contributed by atoms with van der Waals surface area (Å²) in [6.07, 6.45) is -2.16. The molecule has 4 aromatic rings. The largest absolute Gasteiger partial charge is 0.454 e. The van der Waals surface area contributed by atoms with Crippen LogP contribution in [0.3, 0.4) is 0 Å². The van der Waals surface area contributed by atoms with Gasteiger partial charge < -0.3 is 20.5 Å². The van der Waals surface area contributed by atoms with Crippen molar-refractivity contribution in [1.29, 1.82) is 0 Å². The fraction of sp³-hybridized carbons (Fsp3) is 0.304. The van der Waals surface area contributed by atoms with E-state index in [1.165, 1.54) is 12.3 Å². The minimum atomic E-state index is -4.98. The van der Waals surface area contributed by atoms with Crippen molar-refractivity contribution in [3.63, 3.8) is 0 Å². The molecule has 1 aliphatic heterocycles. The van der Waals surface area contributed by atoms with Gasteiger partial charge in [0.25, 0.3) is 5.78 Å². The van der Waals surface area contributed by atoms with E-state index in [1.807, 2.05) is 11.8 Å². The number of hydrogen-bond acceptors (Lipinski definition) is 8. The average molecular weight is 501 g/mol. The van der Waals surface area contributed by atoms with Gasteiger partial charge in [0.2, 0.25) is 5.95 Å². The predicted molar refractivity (Wildman–Crippen MR) is 123 cm³/mol. The zero-order valence-corrected chi connectivity index (χ0v) is 19.0. The third-order valence-electron chi connectivity index (χ3n) is 6.04. The Morgan fingerprint density at radius 2 is 1.97 bits per heavy atom. The van der Waals surface area contributed by atoms with Crippen molar-refractivity contribution in [2.45, 2.75) is 31.9 Å². The number of anilines is 2. The number of Topliss-reactive ketones (excluding diaryl/α,β-unsaturated/α-hetero) is 1. The monoisotopic (exact) mass is 501 g/mol. The number of halogens is 3. The molecule has 0 amide bonds. The van der Waals surface area contributed by atoms with Gasteiger partial charge in [-0.1, -0.05) is 0 Å². The van der Waals surface area contributed by atoms with E-state index in [2.05, 4.69) is 25.4 Å². The summed E-state index contributed by atoms with van der Waals surface area (Å²) < 4.78 is 40.4. The Bertz CT molecular complexity index is 1420. The lowest BCUT2D eigenvalue weighted by molar-refractivity contribution is -0.0884. The predicted octanol–water partition coefficient (Wildman–Crippen LogP) is 2.48. The summed E-state index contributed by atoms with van der Waals surface area (Å²) in [6, 6.07) is 6.27. The molecule has 4 N–H and O–H groups in total. The number of carbonyl (C=O) groups is 1. The van der Waals surface area contributed by atoms with Crippen molar-refractivity contribution in [1.82, 2.24) is 29.6 Å². The van der Waals surface area contributed by atoms with Crippen LogP contribution in [0.2, 0.25) is 0 Å². The molecule has 36 heavy (non-hydrogen) atoms. The van der Waals surface area contributed by atoms with E-state index in [0.29, 0.717) is 36.7 Å². The van der Waals surface area contributed by atoms with Gasteiger partial charge in [-0.05, 0) is 25.1 Å². The molecule has 2 atom stereocenters. The molecule has 5 rings (SSSR count). The molecule has 0 bridgehead atoms. The summed E-state index contributed by atoms with van der Waals surface area (Å²) >= 11 is 0. The molecule has 0 aliphatic carbocycles. The Hall–Kier alpha value is -3.81. The van der Waals surface area contributed by atoms with Crippen LogP contribution in [0.15, 0.2) is 42.9 Å². The molecule has 1 aliphatic rings. The van der Waals surface area contributed by atoms with Crippen molar-refractivity contribution in [3.8, 4) is 5.82 Å². The number of fused-ring (bicyclic) bond motifs is 1. The summed E-state index contributed by atoms with van der Waals surface area (Å²) in [5.74, 6) is -1.28. The van der Waals surface area contributed by atoms with Gasteiger partial charge in [-0.3, -0.25) is 9.69 Å². The SMILES string of the molecule is Cc1nn(-c2ccnc(Nc3ccc4[nH]cc(C(=O)C(F)(F)F)c4c3)n2)cc1CN1C[C@@H](O)[C@@H](O)C1. The highest BCUT2D eigenvalue weighted by Gasteiger charge is 2.40. The van der Waals surface area contributed by atoms with Crippen LogP contribution in [0, 0.1) is 6.92 Å². The van der Waals surface area contributed by atoms with Gasteiger partial charge in [0.15, 0.2) is 5.82 Å². The molecule has 1 saturated heterocycles. The molecule has 13 heteroatoms. The van der Waals surface area contributed by atoms with E-state index in [9.17, 15) is 28.2 Å². The van der Waals surface area contributed by atoms with Gasteiger partial charge in [0.1, 0.15) is 0 Å². The smallest absolute Gasteiger partial charge is 0.389 e. The normalized spacial score (nSPS) is 18.7. The number of aryl methyl sites for hydroxylation is 1. The van der Waals surface area contributed by atoms with Crippen LogP contribution in [0.1, 0.15) is 21.6 Å². The van der Waals surface area contributed by atoms with E-state index in [4.69, 9.17) is 0 Å². The number of H-pyrrole nitrogens is 1. The van der Waals surface area contributed by atoms with Crippen molar-refractivity contribution < 1.29 is 28.2 Å². The van der Waals surface area contributed by atoms with Crippen LogP contribution >= 0.6 is 0 Å². The van der Waals surface area contributed by atoms with Crippen LogP contribution in [0.5, 0.6) is 0 Å². The molecule has 0 radical (unpaired) electrons. The van der Waals surface area contributed by atoms with Crippen LogP contribution in [-0.4, -0.2) is 77.1 Å². The highest BCUT2D eigenvalue weighted by Crippen LogP contribution is 2.29. The van der Waals surface area contributed by atoms with Gasteiger partial charge in [-0.25, -0.2) is 9.67 Å². The second kappa shape index (κ2) is 9.00. The first-order valence-corrected chi connectivity index (χ1v) is 11.1. The highest BCUT2D eigenvalue weighted by molar-refractivity contribution is 6.11. The first-order chi connectivity index (χ1) is 17.1. The molecule has 4 heterocycles. The van der Waals surface area contributed by atoms with Gasteiger partial charge in [0.05, 0.1) is 23.5 Å². The van der Waals surface area contributed by atoms with E-state index >= 15 is 0 Å². The summed E-state index contributed by atoms with van der Waals surface area (Å²) in [7, 11) is 0. The lowest BCUT2D eigenvalue weighted by atomic mass is 10.1. The number of benzene rings is 1. The molecule has 1 aromatic carbocycles. The molecular weight excluding hydrogens is 479 g/mol. The van der Waals surface area contributed by atoms with Crippen LogP contribution < -0.4 is 5.32 Å². The second-order valence-electron chi connectivity index (χ2n) is 8.67. The number of nitrogens with one attached hydrogen (secondary N) is 2. The number of aliphatic hydroxyl groups is 2. The van der Waals surface area contributed by atoms with Gasteiger partial charge in [-0.2, -0.15) is 23.3 Å². The number of aromatic nitrogens is 5. The Labute approximate surface area is 202 Å². The number of rotatable bonds is 6. The number of ketones is 1. The Morgan fingerprint density at radius 1 is 1.22 bits per heavy atom. The van der Waals surface area contributed by atoms with E-state index in [0.717, 1.165) is 17.5 Å². The van der Waals surface area contributed by atoms with E-state index in [1.54, 1.807) is 29.1 Å². The Kier molecular flexibility index (Phi) is 5.98. The van der Waals surface area contributed by atoms with Crippen molar-refractivity contribution in [3.05, 3.63) is 59.7 Å². The van der Waals surface area contributed by atoms with Crippen LogP contribution in [0.25, 0.3) is 16.7 Å². The molecule has 0 unspecified atom stereocenters.